The second kappa shape index (κ2) is 7.12. The molecule has 0 fully saturated rings. The quantitative estimate of drug-likeness (QED) is 0.404. The fraction of sp³-hybridized carbons (Fsp3) is 0.900. The van der Waals surface area contributed by atoms with Gasteiger partial charge in [0, 0.05) is 10.7 Å². The van der Waals surface area contributed by atoms with Gasteiger partial charge >= 0.3 is 5.97 Å². The van der Waals surface area contributed by atoms with E-state index in [1.54, 1.807) is 13.8 Å². The van der Waals surface area contributed by atoms with Crippen LogP contribution in [-0.2, 0) is 18.6 Å². The second-order valence-corrected chi connectivity index (χ2v) is 6.90. The van der Waals surface area contributed by atoms with Gasteiger partial charge in [0.1, 0.15) is 0 Å². The van der Waals surface area contributed by atoms with E-state index in [-0.39, 0.29) is 11.7 Å². The Kier molecular flexibility index (Phi) is 6.99. The predicted molar refractivity (Wildman–Crippen MR) is 63.8 cm³/mol. The summed E-state index contributed by atoms with van der Waals surface area (Å²) in [6.45, 7) is 5.86. The number of carbonyl (C=O) groups is 1. The van der Waals surface area contributed by atoms with Gasteiger partial charge in [0.15, 0.2) is 0 Å². The van der Waals surface area contributed by atoms with E-state index < -0.39 is 20.9 Å². The molecule has 6 heteroatoms. The molecule has 0 spiro atoms. The molecular weight excluding hydrogens is 252 g/mol. The lowest BCUT2D eigenvalue weighted by molar-refractivity contribution is -0.149. The molecule has 0 bridgehead atoms. The van der Waals surface area contributed by atoms with Crippen LogP contribution in [0.15, 0.2) is 0 Å². The van der Waals surface area contributed by atoms with Gasteiger partial charge in [-0.15, -0.1) is 0 Å². The number of halogens is 1. The number of ether oxygens (including phenoxy) is 1. The summed E-state index contributed by atoms with van der Waals surface area (Å²) in [4.78, 5) is 11.6. The average molecular weight is 271 g/mol. The highest BCUT2D eigenvalue weighted by atomic mass is 35.7. The Morgan fingerprint density at radius 2 is 1.94 bits per heavy atom. The highest BCUT2D eigenvalue weighted by molar-refractivity contribution is 8.13. The first-order valence-corrected chi connectivity index (χ1v) is 7.84. The van der Waals surface area contributed by atoms with Gasteiger partial charge in [-0.25, -0.2) is 8.42 Å². The summed E-state index contributed by atoms with van der Waals surface area (Å²) < 4.78 is 26.9. The molecule has 0 radical (unpaired) electrons. The first-order chi connectivity index (χ1) is 7.28. The largest absolute Gasteiger partial charge is 0.465 e. The number of unbranched alkanes of at least 4 members (excludes halogenated alkanes) is 1. The molecule has 0 heterocycles. The normalized spacial score (nSPS) is 13.8. The Labute approximate surface area is 102 Å². The summed E-state index contributed by atoms with van der Waals surface area (Å²) in [5, 5.41) is 0. The van der Waals surface area contributed by atoms with Gasteiger partial charge in [-0.1, -0.05) is 27.2 Å². The molecule has 0 aliphatic heterocycles. The van der Waals surface area contributed by atoms with E-state index in [0.29, 0.717) is 6.61 Å². The van der Waals surface area contributed by atoms with Crippen molar-refractivity contribution in [2.24, 2.45) is 11.8 Å². The van der Waals surface area contributed by atoms with Crippen molar-refractivity contribution in [3.05, 3.63) is 0 Å². The number of rotatable bonds is 7. The van der Waals surface area contributed by atoms with E-state index in [1.165, 1.54) is 0 Å². The van der Waals surface area contributed by atoms with E-state index in [1.807, 2.05) is 6.92 Å². The molecule has 0 aliphatic rings. The number of esters is 1. The summed E-state index contributed by atoms with van der Waals surface area (Å²) in [6, 6.07) is 0. The van der Waals surface area contributed by atoms with Crippen molar-refractivity contribution in [1.82, 2.24) is 0 Å². The summed E-state index contributed by atoms with van der Waals surface area (Å²) >= 11 is 0. The molecule has 0 aromatic carbocycles. The molecule has 0 aromatic heterocycles. The summed E-state index contributed by atoms with van der Waals surface area (Å²) in [5.41, 5.74) is 0. The van der Waals surface area contributed by atoms with Crippen LogP contribution in [0.5, 0.6) is 0 Å². The van der Waals surface area contributed by atoms with Crippen LogP contribution in [0, 0.1) is 11.8 Å². The first kappa shape index (κ1) is 15.7. The fourth-order valence-corrected chi connectivity index (χ4v) is 2.53. The Hall–Kier alpha value is -0.290. The van der Waals surface area contributed by atoms with Crippen molar-refractivity contribution >= 4 is 25.7 Å². The van der Waals surface area contributed by atoms with E-state index in [9.17, 15) is 13.2 Å². The SMILES string of the molecule is CCCCOC(=O)C(CS(=O)(=O)Cl)C(C)C. The summed E-state index contributed by atoms with van der Waals surface area (Å²) in [7, 11) is 1.47. The van der Waals surface area contributed by atoms with Crippen LogP contribution >= 0.6 is 10.7 Å². The Morgan fingerprint density at radius 3 is 2.31 bits per heavy atom. The summed E-state index contributed by atoms with van der Waals surface area (Å²) in [5.74, 6) is -1.63. The Morgan fingerprint density at radius 1 is 1.38 bits per heavy atom. The number of hydrogen-bond acceptors (Lipinski definition) is 4. The topological polar surface area (TPSA) is 60.4 Å². The van der Waals surface area contributed by atoms with Crippen molar-refractivity contribution in [3.8, 4) is 0 Å². The molecule has 0 saturated carbocycles. The zero-order valence-corrected chi connectivity index (χ0v) is 11.5. The first-order valence-electron chi connectivity index (χ1n) is 5.37. The van der Waals surface area contributed by atoms with Crippen LogP contribution in [0.1, 0.15) is 33.6 Å². The van der Waals surface area contributed by atoms with Crippen molar-refractivity contribution in [3.63, 3.8) is 0 Å². The van der Waals surface area contributed by atoms with Crippen LogP contribution in [0.2, 0.25) is 0 Å². The molecule has 0 aliphatic carbocycles. The average Bonchev–Trinajstić information content (AvgIpc) is 2.12. The lowest BCUT2D eigenvalue weighted by atomic mass is 9.98. The smallest absolute Gasteiger partial charge is 0.310 e. The third-order valence-electron chi connectivity index (χ3n) is 2.23. The van der Waals surface area contributed by atoms with Crippen molar-refractivity contribution in [2.75, 3.05) is 12.4 Å². The molecule has 0 aromatic rings. The Balaban J connectivity index is 4.37. The van der Waals surface area contributed by atoms with Gasteiger partial charge in [-0.05, 0) is 12.3 Å². The maximum absolute atomic E-state index is 11.6. The van der Waals surface area contributed by atoms with Crippen LogP contribution in [0.4, 0.5) is 0 Å². The maximum atomic E-state index is 11.6. The van der Waals surface area contributed by atoms with Crippen LogP contribution < -0.4 is 0 Å². The minimum absolute atomic E-state index is 0.109. The standard InChI is InChI=1S/C10H19ClO4S/c1-4-5-6-15-10(12)9(8(2)3)7-16(11,13)14/h8-9H,4-7H2,1-3H3. The van der Waals surface area contributed by atoms with Crippen molar-refractivity contribution in [1.29, 1.82) is 0 Å². The van der Waals surface area contributed by atoms with E-state index >= 15 is 0 Å². The minimum Gasteiger partial charge on any atom is -0.465 e. The molecule has 0 rings (SSSR count). The van der Waals surface area contributed by atoms with Crippen LogP contribution in [0.3, 0.4) is 0 Å². The molecule has 96 valence electrons. The van der Waals surface area contributed by atoms with Crippen LogP contribution in [0.25, 0.3) is 0 Å². The Bertz CT molecular complexity index is 311. The number of carbonyl (C=O) groups excluding carboxylic acids is 1. The van der Waals surface area contributed by atoms with Crippen molar-refractivity contribution < 1.29 is 17.9 Å². The molecule has 1 atom stereocenters. The maximum Gasteiger partial charge on any atom is 0.310 e. The molecule has 1 unspecified atom stereocenters. The highest BCUT2D eigenvalue weighted by Crippen LogP contribution is 2.17. The van der Waals surface area contributed by atoms with Gasteiger partial charge in [0.2, 0.25) is 9.05 Å². The van der Waals surface area contributed by atoms with E-state index in [0.717, 1.165) is 12.8 Å². The van der Waals surface area contributed by atoms with Gasteiger partial charge in [-0.3, -0.25) is 4.79 Å². The predicted octanol–water partition coefficient (Wildman–Crippen LogP) is 2.17. The second-order valence-electron chi connectivity index (χ2n) is 4.08. The molecule has 0 saturated heterocycles. The van der Waals surface area contributed by atoms with E-state index in [2.05, 4.69) is 0 Å². The zero-order chi connectivity index (χ0) is 12.8. The van der Waals surface area contributed by atoms with Crippen molar-refractivity contribution in [2.45, 2.75) is 33.6 Å². The molecule has 16 heavy (non-hydrogen) atoms. The summed E-state index contributed by atoms with van der Waals surface area (Å²) in [6.07, 6.45) is 1.71. The van der Waals surface area contributed by atoms with Gasteiger partial charge < -0.3 is 4.74 Å². The molecule has 0 N–H and O–H groups in total. The number of hydrogen-bond donors (Lipinski definition) is 0. The molecular formula is C10H19ClO4S. The molecule has 4 nitrogen and oxygen atoms in total. The van der Waals surface area contributed by atoms with Gasteiger partial charge in [-0.2, -0.15) is 0 Å². The zero-order valence-electron chi connectivity index (χ0n) is 9.90. The minimum atomic E-state index is -3.67. The van der Waals surface area contributed by atoms with Gasteiger partial charge in [0.05, 0.1) is 18.3 Å². The highest BCUT2D eigenvalue weighted by Gasteiger charge is 2.28. The van der Waals surface area contributed by atoms with E-state index in [4.69, 9.17) is 15.4 Å². The fourth-order valence-electron chi connectivity index (χ4n) is 1.17. The third kappa shape index (κ3) is 7.06. The lowest BCUT2D eigenvalue weighted by Gasteiger charge is -2.17. The third-order valence-corrected chi connectivity index (χ3v) is 3.36. The van der Waals surface area contributed by atoms with Crippen LogP contribution in [-0.4, -0.2) is 26.7 Å². The van der Waals surface area contributed by atoms with Gasteiger partial charge in [0.25, 0.3) is 0 Å². The molecule has 0 amide bonds. The lowest BCUT2D eigenvalue weighted by Crippen LogP contribution is -2.28. The monoisotopic (exact) mass is 270 g/mol.